The first-order valence-electron chi connectivity index (χ1n) is 6.27. The van der Waals surface area contributed by atoms with Gasteiger partial charge in [0.25, 0.3) is 0 Å². The van der Waals surface area contributed by atoms with Crippen LogP contribution in [0.25, 0.3) is 0 Å². The van der Waals surface area contributed by atoms with Gasteiger partial charge in [0.1, 0.15) is 5.82 Å². The highest BCUT2D eigenvalue weighted by atomic mass is 15.3. The Morgan fingerprint density at radius 2 is 2.11 bits per heavy atom. The van der Waals surface area contributed by atoms with Gasteiger partial charge in [-0.05, 0) is 26.7 Å². The van der Waals surface area contributed by atoms with E-state index in [2.05, 4.69) is 21.0 Å². The number of aromatic nitrogens is 3. The van der Waals surface area contributed by atoms with Gasteiger partial charge in [0.2, 0.25) is 11.9 Å². The van der Waals surface area contributed by atoms with Gasteiger partial charge in [0.05, 0.1) is 12.5 Å². The molecule has 0 spiro atoms. The predicted molar refractivity (Wildman–Crippen MR) is 68.9 cm³/mol. The third-order valence-electron chi connectivity index (χ3n) is 2.95. The number of nitriles is 1. The lowest BCUT2D eigenvalue weighted by Gasteiger charge is -2.25. The smallest absolute Gasteiger partial charge is 0.230 e. The second-order valence-corrected chi connectivity index (χ2v) is 4.82. The zero-order valence-corrected chi connectivity index (χ0v) is 10.8. The van der Waals surface area contributed by atoms with Gasteiger partial charge in [0.15, 0.2) is 0 Å². The Kier molecular flexibility index (Phi) is 3.60. The summed E-state index contributed by atoms with van der Waals surface area (Å²) in [6.45, 7) is 4.71. The van der Waals surface area contributed by atoms with Crippen molar-refractivity contribution in [2.45, 2.75) is 45.1 Å². The second-order valence-electron chi connectivity index (χ2n) is 4.82. The van der Waals surface area contributed by atoms with Crippen molar-refractivity contribution >= 4 is 11.9 Å². The number of hydrogen-bond donors (Lipinski definition) is 1. The van der Waals surface area contributed by atoms with Crippen molar-refractivity contribution in [3.05, 3.63) is 5.82 Å². The highest BCUT2D eigenvalue weighted by molar-refractivity contribution is 5.36. The van der Waals surface area contributed by atoms with E-state index in [1.54, 1.807) is 0 Å². The molecule has 0 bridgehead atoms. The molecule has 1 aromatic rings. The van der Waals surface area contributed by atoms with Gasteiger partial charge >= 0.3 is 0 Å². The zero-order chi connectivity index (χ0) is 13.1. The molecule has 0 unspecified atom stereocenters. The van der Waals surface area contributed by atoms with Crippen LogP contribution in [0.2, 0.25) is 0 Å². The molecule has 0 aliphatic heterocycles. The fraction of sp³-hybridized carbons (Fsp3) is 0.667. The average molecular weight is 246 g/mol. The molecule has 2 rings (SSSR count). The van der Waals surface area contributed by atoms with E-state index in [-0.39, 0.29) is 12.0 Å². The number of nitrogens with two attached hydrogens (primary N) is 1. The van der Waals surface area contributed by atoms with Gasteiger partial charge in [0, 0.05) is 18.5 Å². The van der Waals surface area contributed by atoms with Crippen molar-refractivity contribution in [2.75, 3.05) is 17.2 Å². The van der Waals surface area contributed by atoms with E-state index in [9.17, 15) is 0 Å². The van der Waals surface area contributed by atoms with Gasteiger partial charge in [-0.3, -0.25) is 0 Å². The minimum atomic E-state index is 0.229. The summed E-state index contributed by atoms with van der Waals surface area (Å²) in [5.41, 5.74) is 5.74. The van der Waals surface area contributed by atoms with Crippen molar-refractivity contribution in [1.82, 2.24) is 15.0 Å². The summed E-state index contributed by atoms with van der Waals surface area (Å²) >= 11 is 0. The van der Waals surface area contributed by atoms with Crippen LogP contribution in [-0.4, -0.2) is 27.5 Å². The van der Waals surface area contributed by atoms with Crippen LogP contribution in [0.15, 0.2) is 0 Å². The van der Waals surface area contributed by atoms with Crippen LogP contribution in [0.1, 0.15) is 44.9 Å². The van der Waals surface area contributed by atoms with Crippen LogP contribution in [0.3, 0.4) is 0 Å². The Bertz CT molecular complexity index is 460. The van der Waals surface area contributed by atoms with Crippen LogP contribution in [-0.2, 0) is 0 Å². The van der Waals surface area contributed by atoms with E-state index in [0.717, 1.165) is 18.7 Å². The minimum absolute atomic E-state index is 0.229. The summed E-state index contributed by atoms with van der Waals surface area (Å²) in [5.74, 6) is 2.10. The third kappa shape index (κ3) is 2.86. The summed E-state index contributed by atoms with van der Waals surface area (Å²) < 4.78 is 0. The van der Waals surface area contributed by atoms with E-state index in [1.165, 1.54) is 0 Å². The molecule has 1 aliphatic carbocycles. The normalized spacial score (nSPS) is 14.6. The van der Waals surface area contributed by atoms with Crippen LogP contribution < -0.4 is 10.6 Å². The van der Waals surface area contributed by atoms with Crippen molar-refractivity contribution in [3.63, 3.8) is 0 Å². The predicted octanol–water partition coefficient (Wildman–Crippen LogP) is 1.46. The lowest BCUT2D eigenvalue weighted by molar-refractivity contribution is 0.659. The standard InChI is InChI=1S/C12H18N6/c1-8(2)18(7-3-6-13)12-16-10(9-4-5-9)15-11(14)17-12/h8-9H,3-5,7H2,1-2H3,(H2,14,15,16,17). The van der Waals surface area contributed by atoms with Gasteiger partial charge in [-0.2, -0.15) is 20.2 Å². The maximum Gasteiger partial charge on any atom is 0.230 e. The largest absolute Gasteiger partial charge is 0.368 e. The monoisotopic (exact) mass is 246 g/mol. The van der Waals surface area contributed by atoms with Gasteiger partial charge in [-0.25, -0.2) is 0 Å². The number of nitrogen functional groups attached to an aromatic ring is 1. The zero-order valence-electron chi connectivity index (χ0n) is 10.8. The first kappa shape index (κ1) is 12.6. The Morgan fingerprint density at radius 1 is 1.39 bits per heavy atom. The molecule has 0 radical (unpaired) electrons. The molecule has 1 fully saturated rings. The number of anilines is 2. The maximum atomic E-state index is 8.70. The topological polar surface area (TPSA) is 91.7 Å². The summed E-state index contributed by atoms with van der Waals surface area (Å²) in [6, 6.07) is 2.37. The SMILES string of the molecule is CC(C)N(CCC#N)c1nc(N)nc(C2CC2)n1. The lowest BCUT2D eigenvalue weighted by Crippen LogP contribution is -2.33. The molecule has 6 nitrogen and oxygen atoms in total. The molecule has 1 aliphatic rings. The fourth-order valence-electron chi connectivity index (χ4n) is 1.81. The van der Waals surface area contributed by atoms with Gasteiger partial charge in [-0.1, -0.05) is 0 Å². The quantitative estimate of drug-likeness (QED) is 0.845. The van der Waals surface area contributed by atoms with Crippen LogP contribution in [0.4, 0.5) is 11.9 Å². The Hall–Kier alpha value is -1.90. The highest BCUT2D eigenvalue weighted by Gasteiger charge is 2.28. The molecule has 0 amide bonds. The number of nitrogens with zero attached hydrogens (tertiary/aromatic N) is 5. The van der Waals surface area contributed by atoms with Gasteiger partial charge in [-0.15, -0.1) is 0 Å². The van der Waals surface area contributed by atoms with E-state index >= 15 is 0 Å². The van der Waals surface area contributed by atoms with Crippen LogP contribution in [0.5, 0.6) is 0 Å². The first-order chi connectivity index (χ1) is 8.61. The second kappa shape index (κ2) is 5.17. The minimum Gasteiger partial charge on any atom is -0.368 e. The molecule has 0 aromatic carbocycles. The Labute approximate surface area is 107 Å². The van der Waals surface area contributed by atoms with E-state index in [0.29, 0.717) is 24.8 Å². The summed E-state index contributed by atoms with van der Waals surface area (Å²) in [7, 11) is 0. The Morgan fingerprint density at radius 3 is 2.67 bits per heavy atom. The van der Waals surface area contributed by atoms with Crippen molar-refractivity contribution in [2.24, 2.45) is 0 Å². The van der Waals surface area contributed by atoms with Crippen LogP contribution >= 0.6 is 0 Å². The molecule has 96 valence electrons. The highest BCUT2D eigenvalue weighted by Crippen LogP contribution is 2.38. The molecule has 0 atom stereocenters. The molecular weight excluding hydrogens is 228 g/mol. The fourth-order valence-corrected chi connectivity index (χ4v) is 1.81. The summed E-state index contributed by atoms with van der Waals surface area (Å²) in [6.07, 6.45) is 2.70. The van der Waals surface area contributed by atoms with Crippen molar-refractivity contribution < 1.29 is 0 Å². The molecule has 1 saturated carbocycles. The average Bonchev–Trinajstić information content (AvgIpc) is 3.12. The molecule has 1 heterocycles. The van der Waals surface area contributed by atoms with E-state index < -0.39 is 0 Å². The van der Waals surface area contributed by atoms with Gasteiger partial charge < -0.3 is 10.6 Å². The van der Waals surface area contributed by atoms with Crippen molar-refractivity contribution in [1.29, 1.82) is 5.26 Å². The van der Waals surface area contributed by atoms with Crippen molar-refractivity contribution in [3.8, 4) is 6.07 Å². The summed E-state index contributed by atoms with van der Waals surface area (Å²) in [4.78, 5) is 14.8. The van der Waals surface area contributed by atoms with Crippen LogP contribution in [0, 0.1) is 11.3 Å². The number of hydrogen-bond acceptors (Lipinski definition) is 6. The molecule has 1 aromatic heterocycles. The van der Waals surface area contributed by atoms with E-state index in [1.807, 2.05) is 18.7 Å². The first-order valence-corrected chi connectivity index (χ1v) is 6.27. The molecule has 0 saturated heterocycles. The van der Waals surface area contributed by atoms with E-state index in [4.69, 9.17) is 11.0 Å². The molecular formula is C12H18N6. The molecule has 2 N–H and O–H groups in total. The lowest BCUT2D eigenvalue weighted by atomic mass is 10.3. The molecule has 6 heteroatoms. The maximum absolute atomic E-state index is 8.70. The number of rotatable bonds is 5. The molecule has 18 heavy (non-hydrogen) atoms. The Balaban J connectivity index is 2.25. The summed E-state index contributed by atoms with van der Waals surface area (Å²) in [5, 5.41) is 8.70. The third-order valence-corrected chi connectivity index (χ3v) is 2.95.